The zero-order valence-corrected chi connectivity index (χ0v) is 20.7. The van der Waals surface area contributed by atoms with Gasteiger partial charge in [0.1, 0.15) is 17.9 Å². The summed E-state index contributed by atoms with van der Waals surface area (Å²) in [5.74, 6) is 0.506. The van der Waals surface area contributed by atoms with Crippen molar-refractivity contribution in [1.29, 1.82) is 0 Å². The van der Waals surface area contributed by atoms with Gasteiger partial charge >= 0.3 is 0 Å². The molecule has 0 fully saturated rings. The van der Waals surface area contributed by atoms with Crippen LogP contribution in [0.4, 0.5) is 0 Å². The van der Waals surface area contributed by atoms with Gasteiger partial charge in [-0.2, -0.15) is 5.10 Å². The van der Waals surface area contributed by atoms with E-state index in [1.165, 1.54) is 0 Å². The summed E-state index contributed by atoms with van der Waals surface area (Å²) in [6.07, 6.45) is 5.10. The van der Waals surface area contributed by atoms with Crippen molar-refractivity contribution >= 4 is 28.4 Å². The number of nitrogens with zero attached hydrogens (tertiary/aromatic N) is 4. The third-order valence-electron chi connectivity index (χ3n) is 5.79. The Morgan fingerprint density at radius 1 is 1.21 bits per heavy atom. The Bertz CT molecular complexity index is 1350. The highest BCUT2D eigenvalue weighted by Gasteiger charge is 2.19. The third-order valence-corrected chi connectivity index (χ3v) is 6.11. The van der Waals surface area contributed by atoms with E-state index < -0.39 is 0 Å². The number of nitrogens with one attached hydrogen (secondary N) is 1. The maximum absolute atomic E-state index is 12.2. The van der Waals surface area contributed by atoms with Crippen LogP contribution in [-0.4, -0.2) is 25.7 Å². The largest absolute Gasteiger partial charge is 0.487 e. The maximum atomic E-state index is 12.2. The number of amides is 1. The van der Waals surface area contributed by atoms with Crippen LogP contribution in [0.2, 0.25) is 5.02 Å². The van der Waals surface area contributed by atoms with E-state index in [0.29, 0.717) is 10.8 Å². The van der Waals surface area contributed by atoms with Gasteiger partial charge in [-0.15, -0.1) is 0 Å². The van der Waals surface area contributed by atoms with Crippen molar-refractivity contribution in [3.8, 4) is 17.0 Å². The van der Waals surface area contributed by atoms with E-state index >= 15 is 0 Å². The summed E-state index contributed by atoms with van der Waals surface area (Å²) in [5, 5.41) is 8.79. The molecule has 0 saturated heterocycles. The number of hydrogen-bond acceptors (Lipinski definition) is 5. The van der Waals surface area contributed by atoms with Crippen molar-refractivity contribution in [2.75, 3.05) is 0 Å². The van der Waals surface area contributed by atoms with Gasteiger partial charge in [-0.3, -0.25) is 14.5 Å². The van der Waals surface area contributed by atoms with Crippen molar-refractivity contribution in [3.63, 3.8) is 0 Å². The normalized spacial score (nSPS) is 12.2. The molecule has 1 unspecified atom stereocenters. The summed E-state index contributed by atoms with van der Waals surface area (Å²) >= 11 is 6.51. The van der Waals surface area contributed by atoms with E-state index in [9.17, 15) is 4.79 Å². The number of fused-ring (bicyclic) bond motifs is 1. The fourth-order valence-electron chi connectivity index (χ4n) is 3.93. The first-order chi connectivity index (χ1) is 16.3. The fraction of sp³-hybridized carbons (Fsp3) is 0.308. The molecule has 0 spiro atoms. The predicted molar refractivity (Wildman–Crippen MR) is 134 cm³/mol. The van der Waals surface area contributed by atoms with Crippen LogP contribution in [0.5, 0.6) is 5.75 Å². The number of pyridine rings is 2. The molecule has 0 bridgehead atoms. The minimum Gasteiger partial charge on any atom is -0.487 e. The Kier molecular flexibility index (Phi) is 6.84. The molecule has 7 nitrogen and oxygen atoms in total. The first kappa shape index (κ1) is 23.7. The smallest absolute Gasteiger partial charge is 0.223 e. The zero-order valence-electron chi connectivity index (χ0n) is 20.0. The summed E-state index contributed by atoms with van der Waals surface area (Å²) in [5.41, 5.74) is 5.30. The Balaban J connectivity index is 1.68. The van der Waals surface area contributed by atoms with Crippen molar-refractivity contribution in [1.82, 2.24) is 25.1 Å². The number of carbonyl (C=O) groups is 1. The van der Waals surface area contributed by atoms with Crippen molar-refractivity contribution < 1.29 is 9.53 Å². The first-order valence-corrected chi connectivity index (χ1v) is 11.6. The van der Waals surface area contributed by atoms with Gasteiger partial charge in [0.25, 0.3) is 0 Å². The van der Waals surface area contributed by atoms with Crippen molar-refractivity contribution in [2.24, 2.45) is 13.0 Å². The van der Waals surface area contributed by atoms with Crippen LogP contribution in [0.1, 0.15) is 43.6 Å². The predicted octanol–water partition coefficient (Wildman–Crippen LogP) is 5.40. The molecule has 1 atom stereocenters. The molecule has 4 rings (SSSR count). The summed E-state index contributed by atoms with van der Waals surface area (Å²) in [6.45, 7) is 7.82. The first-order valence-electron chi connectivity index (χ1n) is 11.2. The number of aryl methyl sites for hydroxylation is 2. The molecule has 0 aliphatic carbocycles. The highest BCUT2D eigenvalue weighted by molar-refractivity contribution is 6.31. The number of ether oxygens (including phenoxy) is 1. The van der Waals surface area contributed by atoms with Crippen LogP contribution in [0.25, 0.3) is 22.2 Å². The minimum absolute atomic E-state index is 0.0317. The Labute approximate surface area is 204 Å². The van der Waals surface area contributed by atoms with Gasteiger partial charge in [0.15, 0.2) is 0 Å². The number of para-hydroxylation sites is 1. The van der Waals surface area contributed by atoms with E-state index in [4.69, 9.17) is 21.3 Å². The number of benzene rings is 1. The molecule has 8 heteroatoms. The summed E-state index contributed by atoms with van der Waals surface area (Å²) in [6, 6.07) is 9.67. The van der Waals surface area contributed by atoms with E-state index in [2.05, 4.69) is 21.5 Å². The molecule has 0 saturated carbocycles. The number of halogens is 1. The van der Waals surface area contributed by atoms with Crippen molar-refractivity contribution in [3.05, 3.63) is 70.8 Å². The SMILES string of the molecule is Cc1cc(-c2ccnn2C)c2cccc(OCc3c(Cl)cncc3C(C)NC(=O)C(C)C)c2n1. The van der Waals surface area contributed by atoms with Gasteiger partial charge in [0.2, 0.25) is 5.91 Å². The second kappa shape index (κ2) is 9.81. The molecule has 1 aromatic carbocycles. The molecule has 0 radical (unpaired) electrons. The quantitative estimate of drug-likeness (QED) is 0.385. The third kappa shape index (κ3) is 4.75. The van der Waals surface area contributed by atoms with Crippen LogP contribution in [0.3, 0.4) is 0 Å². The van der Waals surface area contributed by atoms with Gasteiger partial charge in [-0.05, 0) is 32.0 Å². The van der Waals surface area contributed by atoms with E-state index in [1.54, 1.807) is 18.6 Å². The summed E-state index contributed by atoms with van der Waals surface area (Å²) in [4.78, 5) is 21.2. The zero-order chi connectivity index (χ0) is 24.4. The molecule has 3 heterocycles. The maximum Gasteiger partial charge on any atom is 0.223 e. The second-order valence-electron chi connectivity index (χ2n) is 8.67. The topological polar surface area (TPSA) is 81.9 Å². The molecular weight excluding hydrogens is 450 g/mol. The fourth-order valence-corrected chi connectivity index (χ4v) is 4.15. The van der Waals surface area contributed by atoms with Crippen molar-refractivity contribution in [2.45, 2.75) is 40.3 Å². The molecule has 34 heavy (non-hydrogen) atoms. The van der Waals surface area contributed by atoms with E-state index in [1.807, 2.05) is 63.7 Å². The molecule has 4 aromatic rings. The molecule has 0 aliphatic rings. The standard InChI is InChI=1S/C26H28ClN5O2/c1-15(2)26(33)31-17(4)20-12-28-13-22(27)21(20)14-34-24-8-6-7-18-19(11-16(3)30-25(18)24)23-9-10-29-32(23)5/h6-13,15,17H,14H2,1-5H3,(H,31,33). The van der Waals surface area contributed by atoms with Crippen LogP contribution >= 0.6 is 11.6 Å². The number of aromatic nitrogens is 4. The van der Waals surface area contributed by atoms with Gasteiger partial charge in [0, 0.05) is 59.3 Å². The molecule has 0 aliphatic heterocycles. The van der Waals surface area contributed by atoms with Crippen LogP contribution in [-0.2, 0) is 18.4 Å². The van der Waals surface area contributed by atoms with Gasteiger partial charge in [-0.25, -0.2) is 4.98 Å². The van der Waals surface area contributed by atoms with Gasteiger partial charge in [-0.1, -0.05) is 37.6 Å². The lowest BCUT2D eigenvalue weighted by Crippen LogP contribution is -2.31. The highest BCUT2D eigenvalue weighted by Crippen LogP contribution is 2.34. The van der Waals surface area contributed by atoms with Gasteiger partial charge < -0.3 is 10.1 Å². The summed E-state index contributed by atoms with van der Waals surface area (Å²) in [7, 11) is 1.92. The van der Waals surface area contributed by atoms with E-state index in [-0.39, 0.29) is 24.5 Å². The van der Waals surface area contributed by atoms with E-state index in [0.717, 1.165) is 39.0 Å². The lowest BCUT2D eigenvalue weighted by atomic mass is 10.0. The molecule has 176 valence electrons. The average Bonchev–Trinajstić information content (AvgIpc) is 3.23. The molecule has 1 N–H and O–H groups in total. The minimum atomic E-state index is -0.260. The Morgan fingerprint density at radius 2 is 2.00 bits per heavy atom. The average molecular weight is 478 g/mol. The Morgan fingerprint density at radius 3 is 2.71 bits per heavy atom. The number of rotatable bonds is 7. The second-order valence-corrected chi connectivity index (χ2v) is 9.07. The molecule has 3 aromatic heterocycles. The Hall–Kier alpha value is -3.45. The van der Waals surface area contributed by atoms with Crippen LogP contribution in [0.15, 0.2) is 48.9 Å². The number of hydrogen-bond donors (Lipinski definition) is 1. The molecular formula is C26H28ClN5O2. The monoisotopic (exact) mass is 477 g/mol. The lowest BCUT2D eigenvalue weighted by molar-refractivity contribution is -0.124. The van der Waals surface area contributed by atoms with Crippen LogP contribution < -0.4 is 10.1 Å². The van der Waals surface area contributed by atoms with Gasteiger partial charge in [0.05, 0.1) is 16.8 Å². The molecule has 1 amide bonds. The van der Waals surface area contributed by atoms with Crippen LogP contribution in [0, 0.1) is 12.8 Å². The highest BCUT2D eigenvalue weighted by atomic mass is 35.5. The number of carbonyl (C=O) groups excluding carboxylic acids is 1. The lowest BCUT2D eigenvalue weighted by Gasteiger charge is -2.20. The summed E-state index contributed by atoms with van der Waals surface area (Å²) < 4.78 is 8.12.